The Morgan fingerprint density at radius 2 is 1.91 bits per heavy atom. The van der Waals surface area contributed by atoms with E-state index in [1.165, 1.54) is 13.2 Å². The molecule has 0 aliphatic carbocycles. The van der Waals surface area contributed by atoms with Crippen molar-refractivity contribution in [1.82, 2.24) is 0 Å². The summed E-state index contributed by atoms with van der Waals surface area (Å²) < 4.78 is 50.9. The van der Waals surface area contributed by atoms with Crippen molar-refractivity contribution >= 4 is 50.8 Å². The molecule has 0 saturated heterocycles. The van der Waals surface area contributed by atoms with E-state index in [1.807, 2.05) is 12.1 Å². The number of nitrogens with one attached hydrogen (secondary N) is 1. The van der Waals surface area contributed by atoms with Gasteiger partial charge in [0.2, 0.25) is 0 Å². The number of ether oxygens (including phenoxy) is 2. The lowest BCUT2D eigenvalue weighted by atomic mass is 10.0. The third-order valence-electron chi connectivity index (χ3n) is 4.96. The summed E-state index contributed by atoms with van der Waals surface area (Å²) in [7, 11) is 1.49. The lowest BCUT2D eigenvalue weighted by Crippen LogP contribution is -2.06. The molecule has 0 spiro atoms. The van der Waals surface area contributed by atoms with E-state index in [0.717, 1.165) is 17.7 Å². The highest BCUT2D eigenvalue weighted by molar-refractivity contribution is 9.10. The van der Waals surface area contributed by atoms with Crippen molar-refractivity contribution in [2.45, 2.75) is 12.8 Å². The van der Waals surface area contributed by atoms with Gasteiger partial charge >= 0.3 is 6.18 Å². The molecular weight excluding hydrogens is 523 g/mol. The second-order valence-corrected chi connectivity index (χ2v) is 8.51. The first kappa shape index (κ1) is 23.2. The molecule has 0 saturated carbocycles. The Morgan fingerprint density at radius 1 is 1.12 bits per heavy atom. The topological polar surface area (TPSA) is 47.6 Å². The molecular formula is C24H16BrClF3NO3. The minimum Gasteiger partial charge on any atom is -0.493 e. The minimum absolute atomic E-state index is 0.119. The smallest absolute Gasteiger partial charge is 0.416 e. The molecule has 1 aliphatic heterocycles. The molecule has 1 aliphatic rings. The molecule has 0 fully saturated rings. The van der Waals surface area contributed by atoms with Crippen LogP contribution in [0.15, 0.2) is 59.1 Å². The van der Waals surface area contributed by atoms with Gasteiger partial charge < -0.3 is 14.8 Å². The van der Waals surface area contributed by atoms with E-state index in [1.54, 1.807) is 30.3 Å². The molecule has 3 aromatic carbocycles. The normalized spacial score (nSPS) is 14.2. The van der Waals surface area contributed by atoms with Crippen LogP contribution in [0.3, 0.4) is 0 Å². The number of carbonyl (C=O) groups is 1. The highest BCUT2D eigenvalue weighted by Crippen LogP contribution is 2.41. The average Bonchev–Trinajstić information content (AvgIpc) is 3.06. The Labute approximate surface area is 201 Å². The fourth-order valence-corrected chi connectivity index (χ4v) is 4.21. The van der Waals surface area contributed by atoms with Crippen LogP contribution in [-0.2, 0) is 17.6 Å². The van der Waals surface area contributed by atoms with Crippen molar-refractivity contribution < 1.29 is 27.4 Å². The summed E-state index contributed by atoms with van der Waals surface area (Å²) in [5.74, 6) is 0.399. The molecule has 1 amide bonds. The number of benzene rings is 3. The Hall–Kier alpha value is -2.97. The van der Waals surface area contributed by atoms with Crippen LogP contribution < -0.4 is 14.8 Å². The summed E-state index contributed by atoms with van der Waals surface area (Å²) in [5, 5.41) is 3.09. The van der Waals surface area contributed by atoms with E-state index in [-0.39, 0.29) is 17.9 Å². The molecule has 4 rings (SSSR count). The fourth-order valence-electron chi connectivity index (χ4n) is 3.43. The van der Waals surface area contributed by atoms with Gasteiger partial charge in [0.15, 0.2) is 11.5 Å². The summed E-state index contributed by atoms with van der Waals surface area (Å²) in [6.45, 7) is 0.257. The zero-order chi connectivity index (χ0) is 23.8. The third kappa shape index (κ3) is 5.02. The second-order valence-electron chi connectivity index (χ2n) is 7.22. The van der Waals surface area contributed by atoms with Crippen molar-refractivity contribution in [2.24, 2.45) is 0 Å². The van der Waals surface area contributed by atoms with Gasteiger partial charge in [-0.2, -0.15) is 13.2 Å². The first-order valence-corrected chi connectivity index (χ1v) is 10.8. The molecule has 0 atom stereocenters. The van der Waals surface area contributed by atoms with Crippen molar-refractivity contribution in [1.29, 1.82) is 0 Å². The van der Waals surface area contributed by atoms with Crippen molar-refractivity contribution in [2.75, 3.05) is 12.4 Å². The monoisotopic (exact) mass is 537 g/mol. The highest BCUT2D eigenvalue weighted by Gasteiger charge is 2.33. The molecule has 9 heteroatoms. The second kappa shape index (κ2) is 9.11. The maximum Gasteiger partial charge on any atom is 0.416 e. The van der Waals surface area contributed by atoms with Crippen LogP contribution in [0.5, 0.6) is 11.5 Å². The van der Waals surface area contributed by atoms with Gasteiger partial charge in [-0.1, -0.05) is 29.8 Å². The first-order valence-electron chi connectivity index (χ1n) is 9.65. The fraction of sp³-hybridized carbons (Fsp3) is 0.125. The summed E-state index contributed by atoms with van der Waals surface area (Å²) in [5.41, 5.74) is 1.42. The molecule has 1 N–H and O–H groups in total. The Balaban J connectivity index is 1.64. The Kier molecular flexibility index (Phi) is 6.41. The van der Waals surface area contributed by atoms with Gasteiger partial charge in [0, 0.05) is 21.8 Å². The Bertz CT molecular complexity index is 1270. The summed E-state index contributed by atoms with van der Waals surface area (Å²) in [6.07, 6.45) is -2.91. The van der Waals surface area contributed by atoms with Gasteiger partial charge in [-0.25, -0.2) is 0 Å². The molecule has 1 heterocycles. The van der Waals surface area contributed by atoms with Crippen LogP contribution in [0.2, 0.25) is 5.02 Å². The number of alkyl halides is 3. The van der Waals surface area contributed by atoms with Gasteiger partial charge in [-0.05, 0) is 69.5 Å². The molecule has 33 heavy (non-hydrogen) atoms. The van der Waals surface area contributed by atoms with Gasteiger partial charge in [-0.15, -0.1) is 0 Å². The van der Waals surface area contributed by atoms with E-state index in [0.29, 0.717) is 32.1 Å². The van der Waals surface area contributed by atoms with Crippen molar-refractivity contribution in [3.05, 3.63) is 86.3 Å². The number of rotatable bonds is 5. The number of hydrogen-bond donors (Lipinski definition) is 1. The molecule has 0 bridgehead atoms. The maximum absolute atomic E-state index is 13.0. The molecule has 3 aromatic rings. The van der Waals surface area contributed by atoms with E-state index < -0.39 is 17.6 Å². The van der Waals surface area contributed by atoms with Crippen LogP contribution in [0, 0.1) is 0 Å². The summed E-state index contributed by atoms with van der Waals surface area (Å²) in [4.78, 5) is 12.5. The number of amides is 1. The van der Waals surface area contributed by atoms with E-state index >= 15 is 0 Å². The average molecular weight is 539 g/mol. The summed E-state index contributed by atoms with van der Waals surface area (Å²) in [6, 6.07) is 13.9. The lowest BCUT2D eigenvalue weighted by molar-refractivity contribution is -0.137. The van der Waals surface area contributed by atoms with Crippen molar-refractivity contribution in [3.63, 3.8) is 0 Å². The zero-order valence-electron chi connectivity index (χ0n) is 17.1. The van der Waals surface area contributed by atoms with Gasteiger partial charge in [0.25, 0.3) is 5.91 Å². The van der Waals surface area contributed by atoms with Gasteiger partial charge in [-0.3, -0.25) is 4.79 Å². The van der Waals surface area contributed by atoms with E-state index in [9.17, 15) is 18.0 Å². The van der Waals surface area contributed by atoms with E-state index in [2.05, 4.69) is 21.2 Å². The molecule has 0 radical (unpaired) electrons. The maximum atomic E-state index is 13.0. The van der Waals surface area contributed by atoms with Crippen LogP contribution >= 0.6 is 27.5 Å². The Morgan fingerprint density at radius 3 is 2.61 bits per heavy atom. The zero-order valence-corrected chi connectivity index (χ0v) is 19.4. The van der Waals surface area contributed by atoms with Gasteiger partial charge in [0.1, 0.15) is 6.61 Å². The molecule has 170 valence electrons. The predicted octanol–water partition coefficient (Wildman–Crippen LogP) is 7.20. The molecule has 0 unspecified atom stereocenters. The number of fused-ring (bicyclic) bond motifs is 1. The largest absolute Gasteiger partial charge is 0.493 e. The van der Waals surface area contributed by atoms with Gasteiger partial charge in [0.05, 0.1) is 17.1 Å². The number of hydrogen-bond acceptors (Lipinski definition) is 3. The highest BCUT2D eigenvalue weighted by atomic mass is 79.9. The number of halogens is 5. The summed E-state index contributed by atoms with van der Waals surface area (Å²) >= 11 is 9.48. The van der Waals surface area contributed by atoms with E-state index in [4.69, 9.17) is 21.1 Å². The predicted molar refractivity (Wildman–Crippen MR) is 124 cm³/mol. The van der Waals surface area contributed by atoms with Crippen LogP contribution in [0.1, 0.15) is 22.3 Å². The number of carbonyl (C=O) groups excluding carboxylic acids is 1. The van der Waals surface area contributed by atoms with Crippen LogP contribution in [0.4, 0.5) is 18.9 Å². The van der Waals surface area contributed by atoms with Crippen LogP contribution in [0.25, 0.3) is 11.6 Å². The van der Waals surface area contributed by atoms with Crippen LogP contribution in [-0.4, -0.2) is 13.0 Å². The number of methoxy groups -OCH3 is 1. The quantitative estimate of drug-likeness (QED) is 0.350. The standard InChI is InChI=1S/C24H16BrClF3NO3/c1-32-21-10-14(9-19(25)22(21)33-12-13-3-2-4-16(26)7-13)8-18-17-6-5-15(24(27,28)29)11-20(17)30-23(18)31/h2-11H,12H2,1H3,(H,30,31)/b18-8-. The minimum atomic E-state index is -4.49. The first-order chi connectivity index (χ1) is 15.7. The molecule has 0 aromatic heterocycles. The molecule has 4 nitrogen and oxygen atoms in total. The number of anilines is 1. The third-order valence-corrected chi connectivity index (χ3v) is 5.79. The van der Waals surface area contributed by atoms with Crippen molar-refractivity contribution in [3.8, 4) is 11.5 Å². The lowest BCUT2D eigenvalue weighted by Gasteiger charge is -2.14. The SMILES string of the molecule is COc1cc(/C=C2\C(=O)Nc3cc(C(F)(F)F)ccc32)cc(Br)c1OCc1cccc(Cl)c1.